The van der Waals surface area contributed by atoms with E-state index in [9.17, 15) is 9.18 Å². The second-order valence-corrected chi connectivity index (χ2v) is 5.08. The van der Waals surface area contributed by atoms with Crippen molar-refractivity contribution in [2.24, 2.45) is 0 Å². The number of aryl methyl sites for hydroxylation is 1. The van der Waals surface area contributed by atoms with Gasteiger partial charge in [-0.05, 0) is 36.8 Å². The molecule has 0 atom stereocenters. The Morgan fingerprint density at radius 3 is 2.58 bits per heavy atom. The van der Waals surface area contributed by atoms with Crippen LogP contribution in [-0.4, -0.2) is 20.7 Å². The number of hydroxylamine groups is 1. The lowest BCUT2D eigenvalue weighted by molar-refractivity contribution is 0.0225. The molecule has 3 aromatic rings. The summed E-state index contributed by atoms with van der Waals surface area (Å²) < 4.78 is 14.5. The van der Waals surface area contributed by atoms with Gasteiger partial charge in [0.2, 0.25) is 5.82 Å². The molecular formula is C17H15FN4O2. The molecule has 7 heteroatoms. The number of carbonyl (C=O) groups is 1. The van der Waals surface area contributed by atoms with E-state index >= 15 is 0 Å². The highest BCUT2D eigenvalue weighted by atomic mass is 19.1. The molecule has 0 aliphatic heterocycles. The fourth-order valence-electron chi connectivity index (χ4n) is 2.12. The second kappa shape index (κ2) is 7.01. The SMILES string of the molecule is Cc1nc(C(=O)NOCc2ccccc2)nn1-c1ccc(F)cc1. The van der Waals surface area contributed by atoms with Gasteiger partial charge in [-0.3, -0.25) is 9.63 Å². The Bertz CT molecular complexity index is 832. The van der Waals surface area contributed by atoms with Gasteiger partial charge in [0.05, 0.1) is 12.3 Å². The Morgan fingerprint density at radius 1 is 1.17 bits per heavy atom. The summed E-state index contributed by atoms with van der Waals surface area (Å²) in [6.07, 6.45) is 0. The van der Waals surface area contributed by atoms with E-state index in [4.69, 9.17) is 4.84 Å². The third kappa shape index (κ3) is 3.64. The van der Waals surface area contributed by atoms with Crippen LogP contribution in [-0.2, 0) is 11.4 Å². The molecule has 1 heterocycles. The van der Waals surface area contributed by atoms with Crippen molar-refractivity contribution in [2.75, 3.05) is 0 Å². The summed E-state index contributed by atoms with van der Waals surface area (Å²) >= 11 is 0. The summed E-state index contributed by atoms with van der Waals surface area (Å²) in [6, 6.07) is 15.2. The number of hydrogen-bond acceptors (Lipinski definition) is 4. The molecule has 24 heavy (non-hydrogen) atoms. The Morgan fingerprint density at radius 2 is 1.88 bits per heavy atom. The van der Waals surface area contributed by atoms with Crippen molar-refractivity contribution in [1.29, 1.82) is 0 Å². The van der Waals surface area contributed by atoms with Crippen LogP contribution in [0.25, 0.3) is 5.69 Å². The predicted octanol–water partition coefficient (Wildman–Crippen LogP) is 2.58. The third-order valence-electron chi connectivity index (χ3n) is 3.29. The molecule has 1 aromatic heterocycles. The lowest BCUT2D eigenvalue weighted by atomic mass is 10.2. The third-order valence-corrected chi connectivity index (χ3v) is 3.29. The molecule has 1 amide bonds. The van der Waals surface area contributed by atoms with Crippen LogP contribution >= 0.6 is 0 Å². The van der Waals surface area contributed by atoms with E-state index in [1.54, 1.807) is 19.1 Å². The van der Waals surface area contributed by atoms with Crippen molar-refractivity contribution in [2.45, 2.75) is 13.5 Å². The standard InChI is InChI=1S/C17H15FN4O2/c1-12-19-16(20-22(12)15-9-7-14(18)8-10-15)17(23)21-24-11-13-5-3-2-4-6-13/h2-10H,11H2,1H3,(H,21,23). The lowest BCUT2D eigenvalue weighted by Crippen LogP contribution is -2.24. The summed E-state index contributed by atoms with van der Waals surface area (Å²) in [6.45, 7) is 1.95. The number of carbonyl (C=O) groups excluding carboxylic acids is 1. The van der Waals surface area contributed by atoms with E-state index in [-0.39, 0.29) is 18.2 Å². The maximum absolute atomic E-state index is 13.0. The van der Waals surface area contributed by atoms with E-state index < -0.39 is 5.91 Å². The van der Waals surface area contributed by atoms with E-state index in [1.165, 1.54) is 16.8 Å². The summed E-state index contributed by atoms with van der Waals surface area (Å²) in [5, 5.41) is 4.13. The van der Waals surface area contributed by atoms with Crippen molar-refractivity contribution in [3.8, 4) is 5.69 Å². The molecule has 122 valence electrons. The Labute approximate surface area is 137 Å². The highest BCUT2D eigenvalue weighted by Crippen LogP contribution is 2.10. The first-order chi connectivity index (χ1) is 11.6. The van der Waals surface area contributed by atoms with Crippen molar-refractivity contribution in [3.05, 3.63) is 77.6 Å². The number of rotatable bonds is 5. The zero-order chi connectivity index (χ0) is 16.9. The molecule has 6 nitrogen and oxygen atoms in total. The first kappa shape index (κ1) is 15.8. The maximum Gasteiger partial charge on any atom is 0.314 e. The van der Waals surface area contributed by atoms with Crippen molar-refractivity contribution < 1.29 is 14.0 Å². The summed E-state index contributed by atoms with van der Waals surface area (Å²) in [5.74, 6) is -0.404. The molecule has 1 N–H and O–H groups in total. The van der Waals surface area contributed by atoms with Gasteiger partial charge in [0, 0.05) is 0 Å². The molecule has 3 rings (SSSR count). The summed E-state index contributed by atoms with van der Waals surface area (Å²) in [5.41, 5.74) is 3.86. The molecule has 0 saturated heterocycles. The predicted molar refractivity (Wildman–Crippen MR) is 84.8 cm³/mol. The Balaban J connectivity index is 1.65. The minimum Gasteiger partial charge on any atom is -0.269 e. The molecule has 0 spiro atoms. The minimum atomic E-state index is -0.546. The average Bonchev–Trinajstić information content (AvgIpc) is 2.98. The number of amides is 1. The normalized spacial score (nSPS) is 10.6. The van der Waals surface area contributed by atoms with Gasteiger partial charge in [0.1, 0.15) is 11.6 Å². The number of nitrogens with zero attached hydrogens (tertiary/aromatic N) is 3. The van der Waals surface area contributed by atoms with E-state index in [1.807, 2.05) is 30.3 Å². The quantitative estimate of drug-likeness (QED) is 0.732. The van der Waals surface area contributed by atoms with Crippen molar-refractivity contribution in [1.82, 2.24) is 20.2 Å². The van der Waals surface area contributed by atoms with Gasteiger partial charge in [0.25, 0.3) is 0 Å². The average molecular weight is 326 g/mol. The topological polar surface area (TPSA) is 69.0 Å². The molecular weight excluding hydrogens is 311 g/mol. The van der Waals surface area contributed by atoms with Gasteiger partial charge in [0.15, 0.2) is 0 Å². The van der Waals surface area contributed by atoms with Crippen molar-refractivity contribution in [3.63, 3.8) is 0 Å². The first-order valence-corrected chi connectivity index (χ1v) is 7.29. The second-order valence-electron chi connectivity index (χ2n) is 5.08. The Hall–Kier alpha value is -3.06. The molecule has 0 saturated carbocycles. The van der Waals surface area contributed by atoms with Gasteiger partial charge < -0.3 is 0 Å². The fourth-order valence-corrected chi connectivity index (χ4v) is 2.12. The van der Waals surface area contributed by atoms with Crippen LogP contribution in [0.3, 0.4) is 0 Å². The van der Waals surface area contributed by atoms with Gasteiger partial charge in [-0.1, -0.05) is 30.3 Å². The maximum atomic E-state index is 13.0. The number of hydrogen-bond donors (Lipinski definition) is 1. The van der Waals surface area contributed by atoms with Gasteiger partial charge in [-0.2, -0.15) is 0 Å². The van der Waals surface area contributed by atoms with Crippen LogP contribution in [0.2, 0.25) is 0 Å². The Kier molecular flexibility index (Phi) is 4.62. The molecule has 0 radical (unpaired) electrons. The van der Waals surface area contributed by atoms with Gasteiger partial charge in [-0.15, -0.1) is 5.10 Å². The molecule has 0 fully saturated rings. The molecule has 0 unspecified atom stereocenters. The van der Waals surface area contributed by atoms with Crippen molar-refractivity contribution >= 4 is 5.91 Å². The monoisotopic (exact) mass is 326 g/mol. The number of halogens is 1. The van der Waals surface area contributed by atoms with Crippen LogP contribution in [0, 0.1) is 12.7 Å². The molecule has 0 aliphatic carbocycles. The number of benzene rings is 2. The van der Waals surface area contributed by atoms with Crippen LogP contribution in [0.15, 0.2) is 54.6 Å². The summed E-state index contributed by atoms with van der Waals surface area (Å²) in [4.78, 5) is 21.3. The van der Waals surface area contributed by atoms with E-state index in [0.717, 1.165) is 5.56 Å². The van der Waals surface area contributed by atoms with Crippen LogP contribution < -0.4 is 5.48 Å². The number of aromatic nitrogens is 3. The highest BCUT2D eigenvalue weighted by Gasteiger charge is 2.15. The minimum absolute atomic E-state index is 0.0233. The van der Waals surface area contributed by atoms with Gasteiger partial charge in [-0.25, -0.2) is 19.5 Å². The number of nitrogens with one attached hydrogen (secondary N) is 1. The molecule has 0 bridgehead atoms. The smallest absolute Gasteiger partial charge is 0.269 e. The van der Waals surface area contributed by atoms with Crippen LogP contribution in [0.1, 0.15) is 22.0 Å². The zero-order valence-electron chi connectivity index (χ0n) is 12.9. The highest BCUT2D eigenvalue weighted by molar-refractivity contribution is 5.89. The lowest BCUT2D eigenvalue weighted by Gasteiger charge is -2.04. The van der Waals surface area contributed by atoms with Crippen LogP contribution in [0.4, 0.5) is 4.39 Å². The van der Waals surface area contributed by atoms with Crippen LogP contribution in [0.5, 0.6) is 0 Å². The van der Waals surface area contributed by atoms with E-state index in [0.29, 0.717) is 11.5 Å². The molecule has 2 aromatic carbocycles. The zero-order valence-corrected chi connectivity index (χ0v) is 12.9. The largest absolute Gasteiger partial charge is 0.314 e. The fraction of sp³-hybridized carbons (Fsp3) is 0.118. The van der Waals surface area contributed by atoms with Gasteiger partial charge >= 0.3 is 5.91 Å². The molecule has 0 aliphatic rings. The van der Waals surface area contributed by atoms with E-state index in [2.05, 4.69) is 15.6 Å². The summed E-state index contributed by atoms with van der Waals surface area (Å²) in [7, 11) is 0. The first-order valence-electron chi connectivity index (χ1n) is 7.29.